The van der Waals surface area contributed by atoms with Gasteiger partial charge in [-0.2, -0.15) is 0 Å². The first-order chi connectivity index (χ1) is 7.93. The maximum Gasteiger partial charge on any atom is 0.251 e. The van der Waals surface area contributed by atoms with Gasteiger partial charge in [-0.05, 0) is 25.0 Å². The zero-order valence-electron chi connectivity index (χ0n) is 10.3. The zero-order chi connectivity index (χ0) is 13.0. The summed E-state index contributed by atoms with van der Waals surface area (Å²) in [6.07, 6.45) is 0. The number of alkyl halides is 1. The van der Waals surface area contributed by atoms with Crippen molar-refractivity contribution in [1.82, 2.24) is 5.32 Å². The molecule has 0 heterocycles. The number of benzene rings is 1. The monoisotopic (exact) mass is 255 g/mol. The van der Waals surface area contributed by atoms with Crippen molar-refractivity contribution in [2.24, 2.45) is 5.92 Å². The molecule has 0 aromatic heterocycles. The Kier molecular flexibility index (Phi) is 4.82. The van der Waals surface area contributed by atoms with Gasteiger partial charge in [-0.15, -0.1) is 11.6 Å². The molecule has 1 rings (SSSR count). The minimum absolute atomic E-state index is 0.0865. The van der Waals surface area contributed by atoms with Gasteiger partial charge in [0.25, 0.3) is 5.91 Å². The van der Waals surface area contributed by atoms with Gasteiger partial charge >= 0.3 is 0 Å². The van der Waals surface area contributed by atoms with Crippen LogP contribution in [0.15, 0.2) is 18.2 Å². The SMILES string of the molecule is Cc1c(O)cccc1C(=O)NCC(Cl)C(C)C. The lowest BCUT2D eigenvalue weighted by molar-refractivity contribution is 0.0951. The third-order valence-electron chi connectivity index (χ3n) is 2.73. The Bertz CT molecular complexity index is 404. The molecule has 1 amide bonds. The molecule has 1 unspecified atom stereocenters. The number of halogens is 1. The number of nitrogens with one attached hydrogen (secondary N) is 1. The van der Waals surface area contributed by atoms with Crippen LogP contribution in [0.3, 0.4) is 0 Å². The number of carbonyl (C=O) groups is 1. The summed E-state index contributed by atoms with van der Waals surface area (Å²) in [6.45, 7) is 6.14. The molecule has 1 atom stereocenters. The first-order valence-electron chi connectivity index (χ1n) is 5.64. The molecule has 94 valence electrons. The van der Waals surface area contributed by atoms with E-state index in [9.17, 15) is 9.90 Å². The zero-order valence-corrected chi connectivity index (χ0v) is 11.1. The van der Waals surface area contributed by atoms with E-state index in [2.05, 4.69) is 5.32 Å². The van der Waals surface area contributed by atoms with E-state index in [0.29, 0.717) is 23.6 Å². The van der Waals surface area contributed by atoms with Gasteiger partial charge in [0.05, 0.1) is 5.38 Å². The molecular weight excluding hydrogens is 238 g/mol. The Morgan fingerprint density at radius 2 is 2.12 bits per heavy atom. The van der Waals surface area contributed by atoms with Gasteiger partial charge in [-0.1, -0.05) is 19.9 Å². The lowest BCUT2D eigenvalue weighted by Gasteiger charge is -2.14. The van der Waals surface area contributed by atoms with E-state index in [1.54, 1.807) is 25.1 Å². The predicted octanol–water partition coefficient (Wildman–Crippen LogP) is 2.69. The van der Waals surface area contributed by atoms with Crippen LogP contribution in [0, 0.1) is 12.8 Å². The number of amides is 1. The second kappa shape index (κ2) is 5.92. The molecule has 3 nitrogen and oxygen atoms in total. The summed E-state index contributed by atoms with van der Waals surface area (Å²) in [7, 11) is 0. The van der Waals surface area contributed by atoms with Crippen LogP contribution in [-0.2, 0) is 0 Å². The second-order valence-electron chi connectivity index (χ2n) is 4.42. The van der Waals surface area contributed by atoms with Gasteiger partial charge in [0.1, 0.15) is 5.75 Å². The van der Waals surface area contributed by atoms with E-state index in [4.69, 9.17) is 11.6 Å². The van der Waals surface area contributed by atoms with E-state index < -0.39 is 0 Å². The average Bonchev–Trinajstić information content (AvgIpc) is 2.29. The van der Waals surface area contributed by atoms with Gasteiger partial charge in [-0.3, -0.25) is 4.79 Å². The fourth-order valence-electron chi connectivity index (χ4n) is 1.39. The van der Waals surface area contributed by atoms with Crippen molar-refractivity contribution >= 4 is 17.5 Å². The summed E-state index contributed by atoms with van der Waals surface area (Å²) in [6, 6.07) is 4.89. The largest absolute Gasteiger partial charge is 0.508 e. The fraction of sp³-hybridized carbons (Fsp3) is 0.462. The van der Waals surface area contributed by atoms with Crippen molar-refractivity contribution in [1.29, 1.82) is 0 Å². The van der Waals surface area contributed by atoms with E-state index in [1.807, 2.05) is 13.8 Å². The molecule has 0 fully saturated rings. The number of hydrogen-bond donors (Lipinski definition) is 2. The first kappa shape index (κ1) is 13.8. The van der Waals surface area contributed by atoms with Crippen LogP contribution in [0.1, 0.15) is 29.8 Å². The molecule has 4 heteroatoms. The molecule has 0 aliphatic heterocycles. The van der Waals surface area contributed by atoms with Crippen LogP contribution in [0.4, 0.5) is 0 Å². The highest BCUT2D eigenvalue weighted by Gasteiger charge is 2.14. The van der Waals surface area contributed by atoms with Crippen LogP contribution in [0.25, 0.3) is 0 Å². The number of aromatic hydroxyl groups is 1. The van der Waals surface area contributed by atoms with Crippen molar-refractivity contribution in [2.75, 3.05) is 6.54 Å². The normalized spacial score (nSPS) is 12.5. The predicted molar refractivity (Wildman–Crippen MR) is 69.7 cm³/mol. The summed E-state index contributed by atoms with van der Waals surface area (Å²) in [5, 5.41) is 12.2. The number of hydrogen-bond acceptors (Lipinski definition) is 2. The molecule has 0 aliphatic carbocycles. The third kappa shape index (κ3) is 3.63. The van der Waals surface area contributed by atoms with E-state index >= 15 is 0 Å². The number of phenols is 1. The highest BCUT2D eigenvalue weighted by Crippen LogP contribution is 2.19. The average molecular weight is 256 g/mol. The van der Waals surface area contributed by atoms with Crippen LogP contribution in [0.5, 0.6) is 5.75 Å². The lowest BCUT2D eigenvalue weighted by atomic mass is 10.1. The minimum atomic E-state index is -0.204. The van der Waals surface area contributed by atoms with Crippen LogP contribution in [0.2, 0.25) is 0 Å². The highest BCUT2D eigenvalue weighted by atomic mass is 35.5. The second-order valence-corrected chi connectivity index (χ2v) is 4.98. The van der Waals surface area contributed by atoms with Crippen LogP contribution < -0.4 is 5.32 Å². The maximum absolute atomic E-state index is 11.9. The summed E-state index contributed by atoms with van der Waals surface area (Å²) in [4.78, 5) is 11.9. The Balaban J connectivity index is 2.68. The molecule has 2 N–H and O–H groups in total. The van der Waals surface area contributed by atoms with Gasteiger partial charge in [-0.25, -0.2) is 0 Å². The molecule has 1 aromatic carbocycles. The number of carbonyl (C=O) groups excluding carboxylic acids is 1. The third-order valence-corrected chi connectivity index (χ3v) is 3.39. The van der Waals surface area contributed by atoms with E-state index in [1.165, 1.54) is 0 Å². The van der Waals surface area contributed by atoms with Gasteiger partial charge in [0, 0.05) is 17.7 Å². The molecule has 0 radical (unpaired) electrons. The summed E-state index contributed by atoms with van der Waals surface area (Å²) >= 11 is 6.05. The Morgan fingerprint density at radius 3 is 2.71 bits per heavy atom. The molecule has 1 aromatic rings. The quantitative estimate of drug-likeness (QED) is 0.813. The molecule has 0 spiro atoms. The highest BCUT2D eigenvalue weighted by molar-refractivity contribution is 6.21. The van der Waals surface area contributed by atoms with Gasteiger partial charge in [0.2, 0.25) is 0 Å². The summed E-state index contributed by atoms with van der Waals surface area (Å²) in [5.41, 5.74) is 1.07. The standard InChI is InChI=1S/C13H18ClNO2/c1-8(2)11(14)7-15-13(17)10-5-4-6-12(16)9(10)3/h4-6,8,11,16H,7H2,1-3H3,(H,15,17). The van der Waals surface area contributed by atoms with Gasteiger partial charge < -0.3 is 10.4 Å². The Labute approximate surface area is 107 Å². The van der Waals surface area contributed by atoms with Crippen molar-refractivity contribution in [3.63, 3.8) is 0 Å². The topological polar surface area (TPSA) is 49.3 Å². The van der Waals surface area contributed by atoms with Crippen LogP contribution >= 0.6 is 11.6 Å². The van der Waals surface area contributed by atoms with E-state index in [0.717, 1.165) is 0 Å². The number of rotatable bonds is 4. The van der Waals surface area contributed by atoms with Gasteiger partial charge in [0.15, 0.2) is 0 Å². The van der Waals surface area contributed by atoms with E-state index in [-0.39, 0.29) is 17.0 Å². The van der Waals surface area contributed by atoms with Crippen LogP contribution in [-0.4, -0.2) is 22.9 Å². The molecule has 0 saturated carbocycles. The molecular formula is C13H18ClNO2. The lowest BCUT2D eigenvalue weighted by Crippen LogP contribution is -2.32. The molecule has 0 bridgehead atoms. The molecule has 0 aliphatic rings. The van der Waals surface area contributed by atoms with Crippen molar-refractivity contribution < 1.29 is 9.90 Å². The molecule has 0 saturated heterocycles. The first-order valence-corrected chi connectivity index (χ1v) is 6.08. The number of phenolic OH excluding ortho intramolecular Hbond substituents is 1. The Morgan fingerprint density at radius 1 is 1.47 bits per heavy atom. The Hall–Kier alpha value is -1.22. The van der Waals surface area contributed by atoms with Crippen molar-refractivity contribution in [2.45, 2.75) is 26.1 Å². The fourth-order valence-corrected chi connectivity index (χ4v) is 1.47. The smallest absolute Gasteiger partial charge is 0.251 e. The molecule has 17 heavy (non-hydrogen) atoms. The van der Waals surface area contributed by atoms with Crippen molar-refractivity contribution in [3.8, 4) is 5.75 Å². The minimum Gasteiger partial charge on any atom is -0.508 e. The summed E-state index contributed by atoms with van der Waals surface area (Å²) < 4.78 is 0. The van der Waals surface area contributed by atoms with Crippen molar-refractivity contribution in [3.05, 3.63) is 29.3 Å². The maximum atomic E-state index is 11.9. The summed E-state index contributed by atoms with van der Waals surface area (Å²) in [5.74, 6) is 0.232.